The van der Waals surface area contributed by atoms with E-state index in [0.29, 0.717) is 23.5 Å². The Morgan fingerprint density at radius 3 is 2.31 bits per heavy atom. The lowest BCUT2D eigenvalue weighted by molar-refractivity contribution is 0.0600. The molecule has 214 valence electrons. The SMILES string of the molecule is COC(=O)c1ccc(-c2c(C3(C)CS(=O)(=O)C3)n(-c3ccc(F)c(C)c3)c3cccc(OCc4ccccc4)c23)cc1. The molecule has 5 aromatic rings. The first-order chi connectivity index (χ1) is 20.1. The molecular formula is C34H30FNO5S. The van der Waals surface area contributed by atoms with Crippen LogP contribution in [0.25, 0.3) is 27.7 Å². The van der Waals surface area contributed by atoms with E-state index in [1.165, 1.54) is 13.2 Å². The molecule has 6 nitrogen and oxygen atoms in total. The second-order valence-electron chi connectivity index (χ2n) is 11.1. The van der Waals surface area contributed by atoms with Crippen LogP contribution in [0.3, 0.4) is 0 Å². The molecule has 8 heteroatoms. The third-order valence-electron chi connectivity index (χ3n) is 7.84. The summed E-state index contributed by atoms with van der Waals surface area (Å²) >= 11 is 0. The zero-order chi connectivity index (χ0) is 29.6. The fraction of sp³-hybridized carbons (Fsp3) is 0.206. The van der Waals surface area contributed by atoms with E-state index in [-0.39, 0.29) is 17.3 Å². The van der Waals surface area contributed by atoms with E-state index in [2.05, 4.69) is 0 Å². The number of fused-ring (bicyclic) bond motifs is 1. The van der Waals surface area contributed by atoms with Crippen molar-refractivity contribution in [2.24, 2.45) is 0 Å². The average Bonchev–Trinajstić information content (AvgIpc) is 3.33. The van der Waals surface area contributed by atoms with Gasteiger partial charge >= 0.3 is 5.97 Å². The smallest absolute Gasteiger partial charge is 0.337 e. The monoisotopic (exact) mass is 583 g/mol. The van der Waals surface area contributed by atoms with Gasteiger partial charge in [0.1, 0.15) is 18.2 Å². The Kier molecular flexibility index (Phi) is 6.89. The molecule has 6 rings (SSSR count). The van der Waals surface area contributed by atoms with Gasteiger partial charge in [0.15, 0.2) is 9.84 Å². The largest absolute Gasteiger partial charge is 0.488 e. The van der Waals surface area contributed by atoms with Crippen molar-refractivity contribution >= 4 is 26.7 Å². The van der Waals surface area contributed by atoms with Crippen molar-refractivity contribution in [3.8, 4) is 22.6 Å². The molecule has 0 radical (unpaired) electrons. The van der Waals surface area contributed by atoms with E-state index < -0.39 is 21.2 Å². The highest BCUT2D eigenvalue weighted by atomic mass is 32.2. The molecule has 1 saturated heterocycles. The van der Waals surface area contributed by atoms with Gasteiger partial charge in [-0.05, 0) is 66.1 Å². The maximum Gasteiger partial charge on any atom is 0.337 e. The molecule has 0 N–H and O–H groups in total. The van der Waals surface area contributed by atoms with Crippen LogP contribution in [-0.4, -0.2) is 37.6 Å². The molecule has 1 fully saturated rings. The van der Waals surface area contributed by atoms with Crippen LogP contribution in [-0.2, 0) is 26.6 Å². The fourth-order valence-corrected chi connectivity index (χ4v) is 8.14. The second kappa shape index (κ2) is 10.4. The van der Waals surface area contributed by atoms with Crippen LogP contribution in [0.4, 0.5) is 4.39 Å². The van der Waals surface area contributed by atoms with Crippen LogP contribution >= 0.6 is 0 Å². The number of aromatic nitrogens is 1. The van der Waals surface area contributed by atoms with Crippen LogP contribution in [0.2, 0.25) is 0 Å². The first-order valence-corrected chi connectivity index (χ1v) is 15.4. The van der Waals surface area contributed by atoms with Crippen molar-refractivity contribution in [1.82, 2.24) is 4.57 Å². The maximum absolute atomic E-state index is 14.4. The summed E-state index contributed by atoms with van der Waals surface area (Å²) in [6.45, 7) is 4.00. The van der Waals surface area contributed by atoms with Crippen LogP contribution in [0, 0.1) is 12.7 Å². The van der Waals surface area contributed by atoms with Crippen molar-refractivity contribution in [3.05, 3.63) is 119 Å². The molecule has 0 atom stereocenters. The number of methoxy groups -OCH3 is 1. The number of hydrogen-bond acceptors (Lipinski definition) is 5. The Morgan fingerprint density at radius 2 is 1.67 bits per heavy atom. The third kappa shape index (κ3) is 4.86. The number of esters is 1. The number of carbonyl (C=O) groups excluding carboxylic acids is 1. The molecular weight excluding hydrogens is 553 g/mol. The Morgan fingerprint density at radius 1 is 0.952 bits per heavy atom. The van der Waals surface area contributed by atoms with Gasteiger partial charge in [-0.25, -0.2) is 17.6 Å². The molecule has 0 bridgehead atoms. The fourth-order valence-electron chi connectivity index (χ4n) is 6.01. The minimum absolute atomic E-state index is 0.0239. The average molecular weight is 584 g/mol. The van der Waals surface area contributed by atoms with E-state index in [1.54, 1.807) is 31.2 Å². The molecule has 0 aliphatic carbocycles. The Bertz CT molecular complexity index is 1920. The number of aryl methyl sites for hydroxylation is 1. The van der Waals surface area contributed by atoms with Gasteiger partial charge in [-0.3, -0.25) is 0 Å². The highest BCUT2D eigenvalue weighted by molar-refractivity contribution is 7.93. The van der Waals surface area contributed by atoms with Gasteiger partial charge in [-0.1, -0.05) is 55.5 Å². The molecule has 0 amide bonds. The summed E-state index contributed by atoms with van der Waals surface area (Å²) in [7, 11) is -1.90. The van der Waals surface area contributed by atoms with E-state index in [9.17, 15) is 17.6 Å². The molecule has 0 spiro atoms. The van der Waals surface area contributed by atoms with Gasteiger partial charge in [0, 0.05) is 22.4 Å². The van der Waals surface area contributed by atoms with Crippen molar-refractivity contribution in [2.75, 3.05) is 18.6 Å². The Hall–Kier alpha value is -4.43. The summed E-state index contributed by atoms with van der Waals surface area (Å²) in [6, 6.07) is 27.6. The molecule has 1 aromatic heterocycles. The van der Waals surface area contributed by atoms with Gasteiger partial charge < -0.3 is 14.0 Å². The number of hydrogen-bond donors (Lipinski definition) is 0. The van der Waals surface area contributed by atoms with Crippen molar-refractivity contribution in [2.45, 2.75) is 25.9 Å². The predicted octanol–water partition coefficient (Wildman–Crippen LogP) is 6.80. The van der Waals surface area contributed by atoms with Gasteiger partial charge in [0.2, 0.25) is 0 Å². The summed E-state index contributed by atoms with van der Waals surface area (Å²) in [5.41, 5.74) is 5.07. The first kappa shape index (κ1) is 27.7. The first-order valence-electron chi connectivity index (χ1n) is 13.6. The van der Waals surface area contributed by atoms with Crippen molar-refractivity contribution in [3.63, 3.8) is 0 Å². The van der Waals surface area contributed by atoms with Crippen LogP contribution in [0.5, 0.6) is 5.75 Å². The van der Waals surface area contributed by atoms with Crippen LogP contribution in [0.1, 0.15) is 34.1 Å². The molecule has 1 aliphatic heterocycles. The molecule has 2 heterocycles. The summed E-state index contributed by atoms with van der Waals surface area (Å²) in [5, 5.41) is 0.807. The molecule has 1 aliphatic rings. The number of benzene rings is 4. The number of rotatable bonds is 7. The summed E-state index contributed by atoms with van der Waals surface area (Å²) in [6.07, 6.45) is 0. The van der Waals surface area contributed by atoms with Crippen LogP contribution in [0.15, 0.2) is 91.0 Å². The topological polar surface area (TPSA) is 74.6 Å². The zero-order valence-corrected chi connectivity index (χ0v) is 24.4. The molecule has 0 saturated carbocycles. The molecule has 4 aromatic carbocycles. The zero-order valence-electron chi connectivity index (χ0n) is 23.6. The van der Waals surface area contributed by atoms with Gasteiger partial charge in [-0.2, -0.15) is 0 Å². The predicted molar refractivity (Wildman–Crippen MR) is 162 cm³/mol. The maximum atomic E-state index is 14.4. The Balaban J connectivity index is 1.66. The van der Waals surface area contributed by atoms with Gasteiger partial charge in [0.25, 0.3) is 0 Å². The van der Waals surface area contributed by atoms with E-state index >= 15 is 0 Å². The highest BCUT2D eigenvalue weighted by Gasteiger charge is 2.50. The normalized spacial score (nSPS) is 15.2. The summed E-state index contributed by atoms with van der Waals surface area (Å²) in [4.78, 5) is 12.2. The quantitative estimate of drug-likeness (QED) is 0.197. The second-order valence-corrected chi connectivity index (χ2v) is 13.1. The van der Waals surface area contributed by atoms with Crippen molar-refractivity contribution in [1.29, 1.82) is 0 Å². The molecule has 0 unspecified atom stereocenters. The standard InChI is InChI=1S/C34H30FNO5S/c1-22-18-26(16-17-27(22)35)36-28-10-7-11-29(41-19-23-8-5-4-6-9-23)31(28)30(32(36)34(2)20-42(38,39)21-34)24-12-14-25(15-13-24)33(37)40-3/h4-18H,19-21H2,1-3H3. The molecule has 42 heavy (non-hydrogen) atoms. The number of nitrogens with zero attached hydrogens (tertiary/aromatic N) is 1. The lowest BCUT2D eigenvalue weighted by Gasteiger charge is -2.39. The van der Waals surface area contributed by atoms with E-state index in [1.807, 2.05) is 72.2 Å². The number of carbonyl (C=O) groups is 1. The minimum atomic E-state index is -3.23. The lowest BCUT2D eigenvalue weighted by Crippen LogP contribution is -2.51. The Labute approximate surface area is 244 Å². The van der Waals surface area contributed by atoms with Crippen LogP contribution < -0.4 is 4.74 Å². The highest BCUT2D eigenvalue weighted by Crippen LogP contribution is 2.49. The van der Waals surface area contributed by atoms with E-state index in [0.717, 1.165) is 39.0 Å². The van der Waals surface area contributed by atoms with E-state index in [4.69, 9.17) is 9.47 Å². The summed E-state index contributed by atoms with van der Waals surface area (Å²) in [5.74, 6) is -0.184. The van der Waals surface area contributed by atoms with Gasteiger partial charge in [0.05, 0.1) is 35.1 Å². The lowest BCUT2D eigenvalue weighted by atomic mass is 9.84. The minimum Gasteiger partial charge on any atom is -0.488 e. The van der Waals surface area contributed by atoms with Gasteiger partial charge in [-0.15, -0.1) is 0 Å². The number of halogens is 1. The number of sulfone groups is 1. The number of ether oxygens (including phenoxy) is 2. The summed E-state index contributed by atoms with van der Waals surface area (Å²) < 4.78 is 53.0. The van der Waals surface area contributed by atoms with Crippen molar-refractivity contribution < 1.29 is 27.1 Å². The third-order valence-corrected chi connectivity index (χ3v) is 9.99.